The molecule has 0 aliphatic rings. The summed E-state index contributed by atoms with van der Waals surface area (Å²) in [5.41, 5.74) is 4.24. The zero-order valence-electron chi connectivity index (χ0n) is 22.8. The maximum atomic E-state index is 9.98. The normalized spacial score (nSPS) is 11.3. The van der Waals surface area contributed by atoms with E-state index < -0.39 is 8.07 Å². The van der Waals surface area contributed by atoms with Gasteiger partial charge >= 0.3 is 0 Å². The molecule has 0 radical (unpaired) electrons. The average Bonchev–Trinajstić information content (AvgIpc) is 3.41. The van der Waals surface area contributed by atoms with Gasteiger partial charge in [-0.1, -0.05) is 115 Å². The van der Waals surface area contributed by atoms with Crippen LogP contribution in [0, 0.1) is 22.7 Å². The SMILES string of the molecule is N#Cc1ccc([Si](c2ccccc2)(c2ccccc2)c2ccc(-n3c4ccccc4c4ccccc43)cc2)cc1C#N. The molecule has 0 atom stereocenters. The molecule has 0 aliphatic carbocycles. The van der Waals surface area contributed by atoms with Gasteiger partial charge in [0.05, 0.1) is 22.2 Å². The van der Waals surface area contributed by atoms with Crippen LogP contribution < -0.4 is 20.7 Å². The maximum Gasteiger partial charge on any atom is 0.179 e. The number of para-hydroxylation sites is 2. The Morgan fingerprint density at radius 2 is 0.881 bits per heavy atom. The number of hydrogen-bond acceptors (Lipinski definition) is 2. The van der Waals surface area contributed by atoms with E-state index in [1.54, 1.807) is 6.07 Å². The molecule has 0 saturated carbocycles. The van der Waals surface area contributed by atoms with Crippen molar-refractivity contribution in [2.45, 2.75) is 0 Å². The molecule has 0 N–H and O–H groups in total. The predicted octanol–water partition coefficient (Wildman–Crippen LogP) is 5.90. The van der Waals surface area contributed by atoms with Gasteiger partial charge in [-0.25, -0.2) is 0 Å². The molecule has 7 aromatic rings. The lowest BCUT2D eigenvalue weighted by atomic mass is 10.1. The molecule has 1 aromatic heterocycles. The molecule has 6 aromatic carbocycles. The highest BCUT2D eigenvalue weighted by Crippen LogP contribution is 2.31. The Balaban J connectivity index is 1.51. The van der Waals surface area contributed by atoms with Crippen LogP contribution >= 0.6 is 0 Å². The van der Waals surface area contributed by atoms with E-state index in [1.807, 2.05) is 24.3 Å². The molecule has 7 rings (SSSR count). The van der Waals surface area contributed by atoms with E-state index in [2.05, 4.69) is 138 Å². The summed E-state index contributed by atoms with van der Waals surface area (Å²) in [4.78, 5) is 0. The summed E-state index contributed by atoms with van der Waals surface area (Å²) >= 11 is 0. The Labute approximate surface area is 245 Å². The standard InChI is InChI=1S/C38H25N3Si/c39-26-28-19-22-34(25-29(28)27-40)42(31-11-3-1-4-12-31,32-13-5-2-6-14-32)33-23-20-30(21-24-33)41-37-17-9-7-15-35(37)36-16-8-10-18-38(36)41/h1-25H. The summed E-state index contributed by atoms with van der Waals surface area (Å²) in [5.74, 6) is 0. The largest absolute Gasteiger partial charge is 0.309 e. The highest BCUT2D eigenvalue weighted by atomic mass is 28.3. The van der Waals surface area contributed by atoms with E-state index in [-0.39, 0.29) is 0 Å². The van der Waals surface area contributed by atoms with Crippen LogP contribution in [0.1, 0.15) is 11.1 Å². The van der Waals surface area contributed by atoms with Gasteiger partial charge in [-0.3, -0.25) is 0 Å². The van der Waals surface area contributed by atoms with Crippen molar-refractivity contribution in [1.82, 2.24) is 4.57 Å². The zero-order valence-corrected chi connectivity index (χ0v) is 23.8. The minimum absolute atomic E-state index is 0.395. The first-order valence-electron chi connectivity index (χ1n) is 13.9. The molecule has 42 heavy (non-hydrogen) atoms. The smallest absolute Gasteiger partial charge is 0.179 e. The summed E-state index contributed by atoms with van der Waals surface area (Å²) in [6, 6.07) is 57.5. The molecule has 0 unspecified atom stereocenters. The third-order valence-corrected chi connectivity index (χ3v) is 13.0. The molecule has 0 amide bonds. The van der Waals surface area contributed by atoms with Gasteiger partial charge in [0.2, 0.25) is 0 Å². The molecule has 0 spiro atoms. The molecule has 0 saturated heterocycles. The van der Waals surface area contributed by atoms with Gasteiger partial charge < -0.3 is 4.57 Å². The van der Waals surface area contributed by atoms with Gasteiger partial charge in [-0.15, -0.1) is 0 Å². The highest BCUT2D eigenvalue weighted by Gasteiger charge is 2.41. The second-order valence-corrected chi connectivity index (χ2v) is 14.2. The molecule has 0 bridgehead atoms. The van der Waals surface area contributed by atoms with Crippen LogP contribution in [0.2, 0.25) is 0 Å². The number of nitriles is 2. The third kappa shape index (κ3) is 3.86. The number of rotatable bonds is 5. The Bertz CT molecular complexity index is 2060. The molecular formula is C38H25N3Si. The van der Waals surface area contributed by atoms with Crippen LogP contribution in [0.4, 0.5) is 0 Å². The van der Waals surface area contributed by atoms with Crippen molar-refractivity contribution < 1.29 is 0 Å². The number of benzene rings is 6. The van der Waals surface area contributed by atoms with Crippen LogP contribution in [0.25, 0.3) is 27.5 Å². The topological polar surface area (TPSA) is 52.5 Å². The lowest BCUT2D eigenvalue weighted by Crippen LogP contribution is -2.74. The zero-order chi connectivity index (χ0) is 28.5. The molecular weight excluding hydrogens is 527 g/mol. The Kier molecular flexibility index (Phi) is 6.25. The molecule has 0 fully saturated rings. The summed E-state index contributed by atoms with van der Waals surface area (Å²) in [7, 11) is -2.87. The summed E-state index contributed by atoms with van der Waals surface area (Å²) in [5, 5.41) is 26.8. The van der Waals surface area contributed by atoms with E-state index in [0.29, 0.717) is 11.1 Å². The lowest BCUT2D eigenvalue weighted by molar-refractivity contribution is 1.18. The van der Waals surface area contributed by atoms with Gasteiger partial charge in [0.1, 0.15) is 12.1 Å². The van der Waals surface area contributed by atoms with Crippen molar-refractivity contribution >= 4 is 50.6 Å². The van der Waals surface area contributed by atoms with E-state index in [1.165, 1.54) is 37.4 Å². The van der Waals surface area contributed by atoms with Gasteiger partial charge in [0.25, 0.3) is 0 Å². The van der Waals surface area contributed by atoms with Crippen molar-refractivity contribution in [1.29, 1.82) is 10.5 Å². The summed E-state index contributed by atoms with van der Waals surface area (Å²) in [6.45, 7) is 0. The minimum Gasteiger partial charge on any atom is -0.309 e. The van der Waals surface area contributed by atoms with E-state index in [9.17, 15) is 10.5 Å². The molecule has 4 heteroatoms. The molecule has 1 heterocycles. The first kappa shape index (κ1) is 25.3. The van der Waals surface area contributed by atoms with Crippen LogP contribution in [0.5, 0.6) is 0 Å². The number of hydrogen-bond donors (Lipinski definition) is 0. The van der Waals surface area contributed by atoms with Crippen LogP contribution in [-0.4, -0.2) is 12.6 Å². The van der Waals surface area contributed by atoms with E-state index in [0.717, 1.165) is 10.9 Å². The average molecular weight is 552 g/mol. The second kappa shape index (κ2) is 10.4. The van der Waals surface area contributed by atoms with Crippen LogP contribution in [0.15, 0.2) is 152 Å². The molecule has 3 nitrogen and oxygen atoms in total. The maximum absolute atomic E-state index is 9.98. The van der Waals surface area contributed by atoms with Crippen molar-refractivity contribution in [2.75, 3.05) is 0 Å². The van der Waals surface area contributed by atoms with E-state index in [4.69, 9.17) is 0 Å². The van der Waals surface area contributed by atoms with Crippen molar-refractivity contribution in [3.8, 4) is 17.8 Å². The van der Waals surface area contributed by atoms with Gasteiger partial charge in [0, 0.05) is 16.5 Å². The fourth-order valence-electron chi connectivity index (χ4n) is 6.41. The van der Waals surface area contributed by atoms with Crippen molar-refractivity contribution in [3.63, 3.8) is 0 Å². The number of aromatic nitrogens is 1. The monoisotopic (exact) mass is 551 g/mol. The number of fused-ring (bicyclic) bond motifs is 3. The molecule has 0 aliphatic heterocycles. The second-order valence-electron chi connectivity index (χ2n) is 10.4. The van der Waals surface area contributed by atoms with Crippen LogP contribution in [-0.2, 0) is 0 Å². The first-order valence-corrected chi connectivity index (χ1v) is 15.9. The quantitative estimate of drug-likeness (QED) is 0.197. The number of nitrogens with zero attached hydrogens (tertiary/aromatic N) is 3. The van der Waals surface area contributed by atoms with Gasteiger partial charge in [-0.05, 0) is 57.1 Å². The Hall–Kier alpha value is -5.68. The molecule has 196 valence electrons. The fraction of sp³-hybridized carbons (Fsp3) is 0. The third-order valence-electron chi connectivity index (χ3n) is 8.25. The summed E-state index contributed by atoms with van der Waals surface area (Å²) in [6.07, 6.45) is 0. The van der Waals surface area contributed by atoms with Crippen molar-refractivity contribution in [2.24, 2.45) is 0 Å². The van der Waals surface area contributed by atoms with Crippen molar-refractivity contribution in [3.05, 3.63) is 163 Å². The van der Waals surface area contributed by atoms with Gasteiger partial charge in [-0.2, -0.15) is 10.5 Å². The van der Waals surface area contributed by atoms with E-state index >= 15 is 0 Å². The van der Waals surface area contributed by atoms with Gasteiger partial charge in [0.15, 0.2) is 8.07 Å². The lowest BCUT2D eigenvalue weighted by Gasteiger charge is -2.34. The fourth-order valence-corrected chi connectivity index (χ4v) is 11.2. The first-order chi connectivity index (χ1) is 20.8. The Morgan fingerprint density at radius 3 is 1.40 bits per heavy atom. The summed E-state index contributed by atoms with van der Waals surface area (Å²) < 4.78 is 2.33. The van der Waals surface area contributed by atoms with Crippen LogP contribution in [0.3, 0.4) is 0 Å². The minimum atomic E-state index is -2.87. The predicted molar refractivity (Wildman–Crippen MR) is 174 cm³/mol. The Morgan fingerprint density at radius 1 is 0.429 bits per heavy atom. The highest BCUT2D eigenvalue weighted by molar-refractivity contribution is 7.19.